The van der Waals surface area contributed by atoms with E-state index in [9.17, 15) is 9.90 Å². The number of aliphatic hydroxyl groups is 1. The van der Waals surface area contributed by atoms with Gasteiger partial charge in [-0.15, -0.1) is 0 Å². The summed E-state index contributed by atoms with van der Waals surface area (Å²) in [6.45, 7) is 6.54. The maximum atomic E-state index is 11.9. The topological polar surface area (TPSA) is 82.6 Å². The number of hydrogen-bond acceptors (Lipinski definition) is 5. The second-order valence-corrected chi connectivity index (χ2v) is 8.80. The number of allylic oxidation sites excluding steroid dienone is 1. The summed E-state index contributed by atoms with van der Waals surface area (Å²) < 4.78 is 5.32. The molecule has 6 heteroatoms. The molecule has 0 aromatic rings. The van der Waals surface area contributed by atoms with Gasteiger partial charge in [-0.2, -0.15) is 0 Å². The fourth-order valence-electron chi connectivity index (χ4n) is 4.38. The minimum atomic E-state index is -0.466. The lowest BCUT2D eigenvalue weighted by Gasteiger charge is -2.44. The number of aliphatic hydroxyl groups excluding tert-OH is 1. The second kappa shape index (κ2) is 7.54. The summed E-state index contributed by atoms with van der Waals surface area (Å²) in [5, 5.41) is 19.9. The Labute approximate surface area is 150 Å². The number of nitrogens with one attached hydrogen (secondary N) is 3. The van der Waals surface area contributed by atoms with E-state index in [-0.39, 0.29) is 12.3 Å². The Balaban J connectivity index is 1.43. The Morgan fingerprint density at radius 3 is 2.64 bits per heavy atom. The highest BCUT2D eigenvalue weighted by Crippen LogP contribution is 2.34. The maximum absolute atomic E-state index is 11.9. The zero-order valence-electron chi connectivity index (χ0n) is 15.7. The summed E-state index contributed by atoms with van der Waals surface area (Å²) in [4.78, 5) is 11.9. The number of piperidine rings is 2. The maximum Gasteiger partial charge on any atom is 0.408 e. The van der Waals surface area contributed by atoms with Crippen molar-refractivity contribution in [3.05, 3.63) is 11.8 Å². The van der Waals surface area contributed by atoms with Crippen molar-refractivity contribution in [1.29, 1.82) is 0 Å². The third-order valence-electron chi connectivity index (χ3n) is 5.64. The molecular weight excluding hydrogens is 318 g/mol. The molecule has 2 saturated heterocycles. The molecule has 0 radical (unpaired) electrons. The van der Waals surface area contributed by atoms with E-state index in [1.54, 1.807) is 0 Å². The SMILES string of the molecule is CC(C)(C)OC(=O)NC1CCC(C2CCC3CC(O)=CCC3N2)CN1. The molecule has 25 heavy (non-hydrogen) atoms. The van der Waals surface area contributed by atoms with Crippen molar-refractivity contribution in [1.82, 2.24) is 16.0 Å². The van der Waals surface area contributed by atoms with Gasteiger partial charge in [-0.3, -0.25) is 5.32 Å². The van der Waals surface area contributed by atoms with Gasteiger partial charge in [0.1, 0.15) is 5.60 Å². The van der Waals surface area contributed by atoms with Gasteiger partial charge in [0.25, 0.3) is 0 Å². The Hall–Kier alpha value is -1.27. The lowest BCUT2D eigenvalue weighted by Crippen LogP contribution is -2.57. The lowest BCUT2D eigenvalue weighted by molar-refractivity contribution is 0.0470. The summed E-state index contributed by atoms with van der Waals surface area (Å²) >= 11 is 0. The van der Waals surface area contributed by atoms with E-state index in [1.807, 2.05) is 26.8 Å². The predicted molar refractivity (Wildman–Crippen MR) is 97.3 cm³/mol. The first-order valence-electron chi connectivity index (χ1n) is 9.67. The van der Waals surface area contributed by atoms with Crippen molar-refractivity contribution in [3.63, 3.8) is 0 Å². The molecule has 2 heterocycles. The molecule has 0 aromatic heterocycles. The zero-order valence-corrected chi connectivity index (χ0v) is 15.7. The standard InChI is InChI=1S/C19H33N3O3/c1-19(2,3)25-18(24)22-17-9-5-13(11-20-17)16-7-4-12-10-14(23)6-8-15(12)21-16/h6,12-13,15-17,20-21,23H,4-5,7-11H2,1-3H3,(H,22,24). The van der Waals surface area contributed by atoms with Gasteiger partial charge in [-0.05, 0) is 70.8 Å². The molecule has 2 aliphatic heterocycles. The van der Waals surface area contributed by atoms with Crippen molar-refractivity contribution in [2.75, 3.05) is 6.54 Å². The fourth-order valence-corrected chi connectivity index (χ4v) is 4.38. The average molecular weight is 351 g/mol. The molecule has 4 N–H and O–H groups in total. The summed E-state index contributed by atoms with van der Waals surface area (Å²) in [5.41, 5.74) is -0.466. The van der Waals surface area contributed by atoms with E-state index in [0.717, 1.165) is 32.2 Å². The molecule has 0 aromatic carbocycles. The van der Waals surface area contributed by atoms with Gasteiger partial charge < -0.3 is 20.5 Å². The van der Waals surface area contributed by atoms with Crippen LogP contribution in [0.25, 0.3) is 0 Å². The molecule has 142 valence electrons. The van der Waals surface area contributed by atoms with Crippen molar-refractivity contribution in [2.24, 2.45) is 11.8 Å². The highest BCUT2D eigenvalue weighted by Gasteiger charge is 2.36. The van der Waals surface area contributed by atoms with Crippen LogP contribution in [0, 0.1) is 11.8 Å². The van der Waals surface area contributed by atoms with Crippen LogP contribution in [-0.4, -0.2) is 41.6 Å². The molecule has 3 aliphatic rings. The number of hydrogen-bond donors (Lipinski definition) is 4. The van der Waals surface area contributed by atoms with Gasteiger partial charge in [-0.25, -0.2) is 4.79 Å². The van der Waals surface area contributed by atoms with Crippen LogP contribution in [0.15, 0.2) is 11.8 Å². The van der Waals surface area contributed by atoms with Crippen LogP contribution < -0.4 is 16.0 Å². The number of alkyl carbamates (subject to hydrolysis) is 1. The molecule has 1 amide bonds. The van der Waals surface area contributed by atoms with Gasteiger partial charge in [0, 0.05) is 25.0 Å². The van der Waals surface area contributed by atoms with E-state index in [2.05, 4.69) is 16.0 Å². The number of ether oxygens (including phenoxy) is 1. The minimum absolute atomic E-state index is 0.00278. The van der Waals surface area contributed by atoms with Gasteiger partial charge in [0.2, 0.25) is 0 Å². The van der Waals surface area contributed by atoms with Gasteiger partial charge in [0.15, 0.2) is 0 Å². The van der Waals surface area contributed by atoms with Gasteiger partial charge in [-0.1, -0.05) is 0 Å². The van der Waals surface area contributed by atoms with Crippen LogP contribution in [0.2, 0.25) is 0 Å². The largest absolute Gasteiger partial charge is 0.513 e. The van der Waals surface area contributed by atoms with E-state index in [4.69, 9.17) is 4.74 Å². The highest BCUT2D eigenvalue weighted by atomic mass is 16.6. The van der Waals surface area contributed by atoms with E-state index in [1.165, 1.54) is 12.8 Å². The smallest absolute Gasteiger partial charge is 0.408 e. The number of fused-ring (bicyclic) bond motifs is 1. The molecular formula is C19H33N3O3. The summed E-state index contributed by atoms with van der Waals surface area (Å²) in [5.74, 6) is 1.74. The zero-order chi connectivity index (χ0) is 18.0. The molecule has 1 aliphatic carbocycles. The summed E-state index contributed by atoms with van der Waals surface area (Å²) in [6.07, 6.45) is 7.77. The number of amides is 1. The minimum Gasteiger partial charge on any atom is -0.513 e. The van der Waals surface area contributed by atoms with Crippen LogP contribution in [0.1, 0.15) is 59.3 Å². The molecule has 0 bridgehead atoms. The summed E-state index contributed by atoms with van der Waals surface area (Å²) in [6, 6.07) is 1.04. The Bertz CT molecular complexity index is 507. The fraction of sp³-hybridized carbons (Fsp3) is 0.842. The predicted octanol–water partition coefficient (Wildman–Crippen LogP) is 2.81. The van der Waals surface area contributed by atoms with Crippen LogP contribution in [0.5, 0.6) is 0 Å². The monoisotopic (exact) mass is 351 g/mol. The quantitative estimate of drug-likeness (QED) is 0.615. The first kappa shape index (κ1) is 18.5. The lowest BCUT2D eigenvalue weighted by atomic mass is 9.76. The van der Waals surface area contributed by atoms with Crippen LogP contribution in [0.3, 0.4) is 0 Å². The Kier molecular flexibility index (Phi) is 5.58. The molecule has 5 atom stereocenters. The van der Waals surface area contributed by atoms with E-state index in [0.29, 0.717) is 29.7 Å². The normalized spacial score (nSPS) is 36.1. The number of rotatable bonds is 2. The third kappa shape index (κ3) is 5.11. The Morgan fingerprint density at radius 2 is 1.96 bits per heavy atom. The average Bonchev–Trinajstić information content (AvgIpc) is 2.53. The van der Waals surface area contributed by atoms with Crippen molar-refractivity contribution >= 4 is 6.09 Å². The van der Waals surface area contributed by atoms with E-state index >= 15 is 0 Å². The van der Waals surface area contributed by atoms with E-state index < -0.39 is 5.60 Å². The summed E-state index contributed by atoms with van der Waals surface area (Å²) in [7, 11) is 0. The van der Waals surface area contributed by atoms with Crippen molar-refractivity contribution in [3.8, 4) is 0 Å². The molecule has 3 rings (SSSR count). The molecule has 0 saturated carbocycles. The second-order valence-electron chi connectivity index (χ2n) is 8.80. The van der Waals surface area contributed by atoms with Crippen LogP contribution in [0.4, 0.5) is 4.79 Å². The van der Waals surface area contributed by atoms with Crippen molar-refractivity contribution < 1.29 is 14.6 Å². The van der Waals surface area contributed by atoms with Gasteiger partial charge in [0.05, 0.1) is 11.9 Å². The Morgan fingerprint density at radius 1 is 1.20 bits per heavy atom. The third-order valence-corrected chi connectivity index (χ3v) is 5.64. The van der Waals surface area contributed by atoms with Crippen molar-refractivity contribution in [2.45, 2.75) is 83.1 Å². The molecule has 2 fully saturated rings. The number of carbonyl (C=O) groups excluding carboxylic acids is 1. The number of carbonyl (C=O) groups is 1. The van der Waals surface area contributed by atoms with Crippen LogP contribution >= 0.6 is 0 Å². The van der Waals surface area contributed by atoms with Gasteiger partial charge >= 0.3 is 6.09 Å². The molecule has 5 unspecified atom stereocenters. The van der Waals surface area contributed by atoms with Crippen LogP contribution in [-0.2, 0) is 4.74 Å². The molecule has 0 spiro atoms. The highest BCUT2D eigenvalue weighted by molar-refractivity contribution is 5.68. The molecule has 6 nitrogen and oxygen atoms in total. The first-order chi connectivity index (χ1) is 11.8. The first-order valence-corrected chi connectivity index (χ1v) is 9.67.